The van der Waals surface area contributed by atoms with E-state index < -0.39 is 0 Å². The van der Waals surface area contributed by atoms with Crippen molar-refractivity contribution in [3.05, 3.63) is 59.7 Å². The lowest BCUT2D eigenvalue weighted by molar-refractivity contribution is 0.0526. The first-order valence-electron chi connectivity index (χ1n) is 9.78. The number of hydrogen-bond acceptors (Lipinski definition) is 4. The molecule has 6 nitrogen and oxygen atoms in total. The smallest absolute Gasteiger partial charge is 0.338 e. The van der Waals surface area contributed by atoms with Crippen LogP contribution in [0.5, 0.6) is 0 Å². The number of amides is 2. The summed E-state index contributed by atoms with van der Waals surface area (Å²) in [4.78, 5) is 28.4. The van der Waals surface area contributed by atoms with Crippen molar-refractivity contribution in [1.82, 2.24) is 4.90 Å². The highest BCUT2D eigenvalue weighted by molar-refractivity contribution is 5.91. The molecule has 0 atom stereocenters. The molecule has 0 unspecified atom stereocenters. The highest BCUT2D eigenvalue weighted by Crippen LogP contribution is 2.20. The molecule has 3 rings (SSSR count). The molecule has 1 saturated heterocycles. The zero-order chi connectivity index (χ0) is 19.9. The first-order chi connectivity index (χ1) is 13.6. The van der Waals surface area contributed by atoms with Gasteiger partial charge in [0.15, 0.2) is 0 Å². The summed E-state index contributed by atoms with van der Waals surface area (Å²) in [6.45, 7) is 7.05. The number of piperazine rings is 1. The quantitative estimate of drug-likeness (QED) is 0.801. The van der Waals surface area contributed by atoms with Crippen LogP contribution in [-0.4, -0.2) is 49.7 Å². The average Bonchev–Trinajstić information content (AvgIpc) is 2.74. The molecule has 2 aromatic rings. The van der Waals surface area contributed by atoms with Crippen molar-refractivity contribution in [2.75, 3.05) is 43.0 Å². The van der Waals surface area contributed by atoms with E-state index in [1.165, 1.54) is 0 Å². The Morgan fingerprint density at radius 1 is 0.964 bits per heavy atom. The number of carbonyl (C=O) groups is 2. The fourth-order valence-corrected chi connectivity index (χ4v) is 3.34. The predicted octanol–water partition coefficient (Wildman–Crippen LogP) is 3.78. The van der Waals surface area contributed by atoms with Crippen molar-refractivity contribution in [2.45, 2.75) is 20.3 Å². The van der Waals surface area contributed by atoms with Gasteiger partial charge >= 0.3 is 12.0 Å². The third-order valence-corrected chi connectivity index (χ3v) is 4.95. The molecule has 1 fully saturated rings. The van der Waals surface area contributed by atoms with Crippen LogP contribution in [0.15, 0.2) is 48.5 Å². The second kappa shape index (κ2) is 9.26. The Bertz CT molecular complexity index is 812. The molecule has 6 heteroatoms. The fourth-order valence-electron chi connectivity index (χ4n) is 3.34. The van der Waals surface area contributed by atoms with Crippen molar-refractivity contribution in [1.29, 1.82) is 0 Å². The standard InChI is InChI=1S/C22H27N3O3/c1-3-17-7-5-6-8-20(17)23-22(27)25-15-13-24(14-16-25)19-11-9-18(10-12-19)21(26)28-4-2/h5-12H,3-4,13-16H2,1-2H3,(H,23,27). The van der Waals surface area contributed by atoms with E-state index in [0.717, 1.165) is 36.4 Å². The van der Waals surface area contributed by atoms with Gasteiger partial charge in [0.2, 0.25) is 0 Å². The molecule has 1 aliphatic rings. The summed E-state index contributed by atoms with van der Waals surface area (Å²) in [7, 11) is 0. The summed E-state index contributed by atoms with van der Waals surface area (Å²) < 4.78 is 5.02. The number of rotatable bonds is 5. The number of esters is 1. The van der Waals surface area contributed by atoms with E-state index in [0.29, 0.717) is 25.3 Å². The molecule has 1 heterocycles. The van der Waals surface area contributed by atoms with Crippen molar-refractivity contribution in [3.63, 3.8) is 0 Å². The first kappa shape index (κ1) is 19.7. The maximum atomic E-state index is 12.6. The van der Waals surface area contributed by atoms with E-state index in [4.69, 9.17) is 4.74 Å². The van der Waals surface area contributed by atoms with E-state index in [9.17, 15) is 9.59 Å². The molecular weight excluding hydrogens is 354 g/mol. The van der Waals surface area contributed by atoms with Crippen LogP contribution in [0.4, 0.5) is 16.2 Å². The van der Waals surface area contributed by atoms with Crippen molar-refractivity contribution in [3.8, 4) is 0 Å². The second-order valence-corrected chi connectivity index (χ2v) is 6.68. The summed E-state index contributed by atoms with van der Waals surface area (Å²) in [6.07, 6.45) is 0.881. The maximum Gasteiger partial charge on any atom is 0.338 e. The summed E-state index contributed by atoms with van der Waals surface area (Å²) in [6, 6.07) is 15.3. The van der Waals surface area contributed by atoms with Crippen LogP contribution < -0.4 is 10.2 Å². The van der Waals surface area contributed by atoms with E-state index in [-0.39, 0.29) is 12.0 Å². The molecular formula is C22H27N3O3. The van der Waals surface area contributed by atoms with Gasteiger partial charge in [-0.15, -0.1) is 0 Å². The largest absolute Gasteiger partial charge is 0.462 e. The van der Waals surface area contributed by atoms with E-state index in [1.54, 1.807) is 19.1 Å². The van der Waals surface area contributed by atoms with Crippen LogP contribution in [0.25, 0.3) is 0 Å². The zero-order valence-corrected chi connectivity index (χ0v) is 16.5. The maximum absolute atomic E-state index is 12.6. The van der Waals surface area contributed by atoms with E-state index in [1.807, 2.05) is 41.3 Å². The SMILES string of the molecule is CCOC(=O)c1ccc(N2CCN(C(=O)Nc3ccccc3CC)CC2)cc1. The van der Waals surface area contributed by atoms with Crippen molar-refractivity contribution in [2.24, 2.45) is 0 Å². The highest BCUT2D eigenvalue weighted by Gasteiger charge is 2.22. The summed E-state index contributed by atoms with van der Waals surface area (Å²) in [5.41, 5.74) is 3.62. The number of anilines is 2. The number of aryl methyl sites for hydroxylation is 1. The van der Waals surface area contributed by atoms with Crippen molar-refractivity contribution < 1.29 is 14.3 Å². The van der Waals surface area contributed by atoms with Gasteiger partial charge in [-0.05, 0) is 49.2 Å². The number of nitrogens with zero attached hydrogens (tertiary/aromatic N) is 2. The second-order valence-electron chi connectivity index (χ2n) is 6.68. The lowest BCUT2D eigenvalue weighted by Crippen LogP contribution is -2.50. The van der Waals surface area contributed by atoms with Crippen LogP contribution in [0.2, 0.25) is 0 Å². The molecule has 0 spiro atoms. The fraction of sp³-hybridized carbons (Fsp3) is 0.364. The van der Waals surface area contributed by atoms with Gasteiger partial charge in [0.1, 0.15) is 0 Å². The predicted molar refractivity (Wildman–Crippen MR) is 111 cm³/mol. The van der Waals surface area contributed by atoms with Crippen LogP contribution >= 0.6 is 0 Å². The Balaban J connectivity index is 1.55. The van der Waals surface area contributed by atoms with Crippen molar-refractivity contribution >= 4 is 23.4 Å². The summed E-state index contributed by atoms with van der Waals surface area (Å²) in [5.74, 6) is -0.303. The molecule has 148 valence electrons. The molecule has 0 aliphatic carbocycles. The van der Waals surface area contributed by atoms with Gasteiger partial charge in [-0.25, -0.2) is 9.59 Å². The Morgan fingerprint density at radius 2 is 1.64 bits per heavy atom. The summed E-state index contributed by atoms with van der Waals surface area (Å²) in [5, 5.41) is 3.03. The van der Waals surface area contributed by atoms with Crippen LogP contribution in [0, 0.1) is 0 Å². The number of benzene rings is 2. The zero-order valence-electron chi connectivity index (χ0n) is 16.5. The first-order valence-corrected chi connectivity index (χ1v) is 9.78. The third kappa shape index (κ3) is 4.63. The monoisotopic (exact) mass is 381 g/mol. The Hall–Kier alpha value is -3.02. The van der Waals surface area contributed by atoms with Gasteiger partial charge < -0.3 is 19.9 Å². The molecule has 0 saturated carbocycles. The molecule has 28 heavy (non-hydrogen) atoms. The highest BCUT2D eigenvalue weighted by atomic mass is 16.5. The molecule has 2 amide bonds. The number of nitrogens with one attached hydrogen (secondary N) is 1. The molecule has 1 aliphatic heterocycles. The molecule has 1 N–H and O–H groups in total. The van der Waals surface area contributed by atoms with Gasteiger partial charge in [0, 0.05) is 37.6 Å². The Morgan fingerprint density at radius 3 is 2.29 bits per heavy atom. The van der Waals surface area contributed by atoms with Gasteiger partial charge in [-0.2, -0.15) is 0 Å². The van der Waals surface area contributed by atoms with Gasteiger partial charge in [0.05, 0.1) is 12.2 Å². The molecule has 0 aromatic heterocycles. The molecule has 0 radical (unpaired) electrons. The normalized spacial score (nSPS) is 13.9. The van der Waals surface area contributed by atoms with Crippen LogP contribution in [0.1, 0.15) is 29.8 Å². The lowest BCUT2D eigenvalue weighted by atomic mass is 10.1. The number of ether oxygens (including phenoxy) is 1. The van der Waals surface area contributed by atoms with E-state index >= 15 is 0 Å². The molecule has 0 bridgehead atoms. The number of urea groups is 1. The van der Waals surface area contributed by atoms with Gasteiger partial charge in [-0.1, -0.05) is 25.1 Å². The minimum atomic E-state index is -0.303. The number of hydrogen-bond donors (Lipinski definition) is 1. The van der Waals surface area contributed by atoms with Crippen LogP contribution in [0.3, 0.4) is 0 Å². The average molecular weight is 381 g/mol. The Labute approximate surface area is 166 Å². The Kier molecular flexibility index (Phi) is 6.53. The summed E-state index contributed by atoms with van der Waals surface area (Å²) >= 11 is 0. The molecule has 2 aromatic carbocycles. The minimum absolute atomic E-state index is 0.0572. The minimum Gasteiger partial charge on any atom is -0.462 e. The third-order valence-electron chi connectivity index (χ3n) is 4.95. The van der Waals surface area contributed by atoms with E-state index in [2.05, 4.69) is 17.1 Å². The van der Waals surface area contributed by atoms with Gasteiger partial charge in [0.25, 0.3) is 0 Å². The van der Waals surface area contributed by atoms with Gasteiger partial charge in [-0.3, -0.25) is 0 Å². The van der Waals surface area contributed by atoms with Crippen LogP contribution in [-0.2, 0) is 11.2 Å². The lowest BCUT2D eigenvalue weighted by Gasteiger charge is -2.36. The number of carbonyl (C=O) groups excluding carboxylic acids is 2. The number of para-hydroxylation sites is 1. The topological polar surface area (TPSA) is 61.9 Å².